The summed E-state index contributed by atoms with van der Waals surface area (Å²) in [7, 11) is 0. The smallest absolute Gasteiger partial charge is 0.115 e. The average molecular weight is 334 g/mol. The van der Waals surface area contributed by atoms with Gasteiger partial charge in [-0.3, -0.25) is 9.97 Å². The first-order valence-corrected chi connectivity index (χ1v) is 8.61. The molecule has 0 aliphatic heterocycles. The molecule has 4 heteroatoms. The normalized spacial score (nSPS) is 11.8. The van der Waals surface area contributed by atoms with Crippen molar-refractivity contribution in [2.75, 3.05) is 0 Å². The predicted molar refractivity (Wildman–Crippen MR) is 106 cm³/mol. The van der Waals surface area contributed by atoms with Crippen molar-refractivity contribution in [2.45, 2.75) is 0 Å². The Morgan fingerprint density at radius 3 is 1.46 bits per heavy atom. The van der Waals surface area contributed by atoms with Crippen LogP contribution in [0.2, 0.25) is 0 Å². The fourth-order valence-corrected chi connectivity index (χ4v) is 3.91. The number of H-pyrrole nitrogens is 2. The van der Waals surface area contributed by atoms with E-state index in [2.05, 4.69) is 68.5 Å². The molecule has 4 aromatic heterocycles. The first-order chi connectivity index (χ1) is 12.9. The van der Waals surface area contributed by atoms with Crippen molar-refractivity contribution in [3.63, 3.8) is 0 Å². The molecule has 0 saturated carbocycles. The number of para-hydroxylation sites is 2. The van der Waals surface area contributed by atoms with Crippen molar-refractivity contribution in [1.29, 1.82) is 0 Å². The van der Waals surface area contributed by atoms with Crippen molar-refractivity contribution >= 4 is 43.6 Å². The highest BCUT2D eigenvalue weighted by Gasteiger charge is 2.16. The number of nitrogens with one attached hydrogen (secondary N) is 2. The summed E-state index contributed by atoms with van der Waals surface area (Å²) in [5.41, 5.74) is 6.01. The molecule has 2 aromatic carbocycles. The molecular weight excluding hydrogens is 320 g/mol. The lowest BCUT2D eigenvalue weighted by atomic mass is 10.1. The number of rotatable bonds is 1. The molecule has 0 unspecified atom stereocenters. The van der Waals surface area contributed by atoms with Gasteiger partial charge < -0.3 is 9.97 Å². The van der Waals surface area contributed by atoms with Gasteiger partial charge >= 0.3 is 0 Å². The highest BCUT2D eigenvalue weighted by atomic mass is 14.8. The zero-order chi connectivity index (χ0) is 17.1. The van der Waals surface area contributed by atoms with Gasteiger partial charge in [-0.05, 0) is 24.3 Å². The Balaban J connectivity index is 1.76. The van der Waals surface area contributed by atoms with E-state index >= 15 is 0 Å². The monoisotopic (exact) mass is 334 g/mol. The van der Waals surface area contributed by atoms with E-state index in [-0.39, 0.29) is 0 Å². The maximum absolute atomic E-state index is 4.68. The molecule has 4 heterocycles. The van der Waals surface area contributed by atoms with E-state index in [1.54, 1.807) is 0 Å². The first kappa shape index (κ1) is 13.6. The Morgan fingerprint density at radius 2 is 0.962 bits per heavy atom. The molecular formula is C22H14N4. The molecule has 2 N–H and O–H groups in total. The third-order valence-electron chi connectivity index (χ3n) is 5.08. The minimum Gasteiger partial charge on any atom is -0.353 e. The molecule has 0 aliphatic carbocycles. The molecule has 0 fully saturated rings. The maximum Gasteiger partial charge on any atom is 0.115 e. The van der Waals surface area contributed by atoms with Crippen molar-refractivity contribution in [2.24, 2.45) is 0 Å². The van der Waals surface area contributed by atoms with Crippen molar-refractivity contribution < 1.29 is 0 Å². The zero-order valence-electron chi connectivity index (χ0n) is 13.8. The zero-order valence-corrected chi connectivity index (χ0v) is 13.8. The van der Waals surface area contributed by atoms with Crippen LogP contribution in [0.5, 0.6) is 0 Å². The summed E-state index contributed by atoms with van der Waals surface area (Å²) in [4.78, 5) is 16.4. The molecule has 0 aliphatic rings. The standard InChI is InChI=1S/C22H14N4/c1-3-7-17-13(5-1)15-9-11-23-21(19(15)25-17)22-20-16(10-12-24-22)14-6-2-4-8-18(14)26-20/h1-12,25-26H. The van der Waals surface area contributed by atoms with Crippen LogP contribution in [0.1, 0.15) is 0 Å². The van der Waals surface area contributed by atoms with Gasteiger partial charge in [-0.2, -0.15) is 0 Å². The topological polar surface area (TPSA) is 57.4 Å². The van der Waals surface area contributed by atoms with E-state index in [1.165, 1.54) is 21.5 Å². The quantitative estimate of drug-likeness (QED) is 0.422. The lowest BCUT2D eigenvalue weighted by Crippen LogP contribution is -1.90. The van der Waals surface area contributed by atoms with Crippen LogP contribution in [0.15, 0.2) is 73.1 Å². The third kappa shape index (κ3) is 1.73. The lowest BCUT2D eigenvalue weighted by molar-refractivity contribution is 1.27. The van der Waals surface area contributed by atoms with Crippen LogP contribution < -0.4 is 0 Å². The van der Waals surface area contributed by atoms with Gasteiger partial charge in [0.2, 0.25) is 0 Å². The van der Waals surface area contributed by atoms with E-state index in [9.17, 15) is 0 Å². The summed E-state index contributed by atoms with van der Waals surface area (Å²) < 4.78 is 0. The largest absolute Gasteiger partial charge is 0.353 e. The summed E-state index contributed by atoms with van der Waals surface area (Å²) in [6.07, 6.45) is 3.72. The van der Waals surface area contributed by atoms with Gasteiger partial charge in [0.05, 0.1) is 11.0 Å². The molecule has 122 valence electrons. The van der Waals surface area contributed by atoms with Gasteiger partial charge in [0, 0.05) is 45.0 Å². The molecule has 6 rings (SSSR count). The number of nitrogens with zero attached hydrogens (tertiary/aromatic N) is 2. The van der Waals surface area contributed by atoms with Gasteiger partial charge in [0.1, 0.15) is 11.4 Å². The summed E-state index contributed by atoms with van der Waals surface area (Å²) >= 11 is 0. The summed E-state index contributed by atoms with van der Waals surface area (Å²) in [5.74, 6) is 0. The summed E-state index contributed by atoms with van der Waals surface area (Å²) in [5, 5.41) is 4.74. The second kappa shape index (κ2) is 4.92. The van der Waals surface area contributed by atoms with E-state index < -0.39 is 0 Å². The summed E-state index contributed by atoms with van der Waals surface area (Å²) in [6.45, 7) is 0. The Bertz CT molecular complexity index is 1330. The Kier molecular flexibility index (Phi) is 2.58. The highest BCUT2D eigenvalue weighted by Crippen LogP contribution is 2.35. The number of benzene rings is 2. The molecule has 0 saturated heterocycles. The second-order valence-corrected chi connectivity index (χ2v) is 6.51. The van der Waals surface area contributed by atoms with Gasteiger partial charge in [0.15, 0.2) is 0 Å². The molecule has 0 radical (unpaired) electrons. The van der Waals surface area contributed by atoms with Gasteiger partial charge in [-0.1, -0.05) is 36.4 Å². The van der Waals surface area contributed by atoms with E-state index in [0.29, 0.717) is 0 Å². The average Bonchev–Trinajstić information content (AvgIpc) is 3.26. The number of aromatic nitrogens is 4. The van der Waals surface area contributed by atoms with E-state index in [0.717, 1.165) is 33.5 Å². The fraction of sp³-hybridized carbons (Fsp3) is 0. The Morgan fingerprint density at radius 1 is 0.500 bits per heavy atom. The first-order valence-electron chi connectivity index (χ1n) is 8.61. The predicted octanol–water partition coefficient (Wildman–Crippen LogP) is 5.41. The van der Waals surface area contributed by atoms with Crippen molar-refractivity contribution in [3.05, 3.63) is 73.1 Å². The Labute approximate surface area is 148 Å². The van der Waals surface area contributed by atoms with Gasteiger partial charge in [-0.15, -0.1) is 0 Å². The van der Waals surface area contributed by atoms with Gasteiger partial charge in [0.25, 0.3) is 0 Å². The van der Waals surface area contributed by atoms with Crippen LogP contribution >= 0.6 is 0 Å². The lowest BCUT2D eigenvalue weighted by Gasteiger charge is -2.03. The van der Waals surface area contributed by atoms with Crippen LogP contribution in [0.4, 0.5) is 0 Å². The molecule has 6 aromatic rings. The maximum atomic E-state index is 4.68. The van der Waals surface area contributed by atoms with E-state index in [1.807, 2.05) is 24.5 Å². The third-order valence-corrected chi connectivity index (χ3v) is 5.08. The van der Waals surface area contributed by atoms with E-state index in [4.69, 9.17) is 0 Å². The number of fused-ring (bicyclic) bond motifs is 6. The molecule has 4 nitrogen and oxygen atoms in total. The molecule has 0 amide bonds. The number of hydrogen-bond donors (Lipinski definition) is 2. The van der Waals surface area contributed by atoms with Crippen molar-refractivity contribution in [1.82, 2.24) is 19.9 Å². The van der Waals surface area contributed by atoms with Crippen LogP contribution in [0.25, 0.3) is 55.0 Å². The molecule has 26 heavy (non-hydrogen) atoms. The van der Waals surface area contributed by atoms with Crippen molar-refractivity contribution in [3.8, 4) is 11.4 Å². The number of hydrogen-bond acceptors (Lipinski definition) is 2. The highest BCUT2D eigenvalue weighted by molar-refractivity contribution is 6.15. The van der Waals surface area contributed by atoms with Crippen LogP contribution in [-0.4, -0.2) is 19.9 Å². The molecule has 0 spiro atoms. The number of aromatic amines is 2. The van der Waals surface area contributed by atoms with Crippen LogP contribution in [-0.2, 0) is 0 Å². The minimum absolute atomic E-state index is 0.871. The summed E-state index contributed by atoms with van der Waals surface area (Å²) in [6, 6.07) is 20.8. The second-order valence-electron chi connectivity index (χ2n) is 6.51. The van der Waals surface area contributed by atoms with Crippen LogP contribution in [0, 0.1) is 0 Å². The minimum atomic E-state index is 0.871. The molecule has 0 atom stereocenters. The SMILES string of the molecule is c1ccc2c(c1)[nH]c1c(-c3nccc4c3[nH]c3ccccc34)nccc12. The molecule has 0 bridgehead atoms. The Hall–Kier alpha value is -3.66. The van der Waals surface area contributed by atoms with Gasteiger partial charge in [-0.25, -0.2) is 0 Å². The number of pyridine rings is 2. The fourth-order valence-electron chi connectivity index (χ4n) is 3.91. The van der Waals surface area contributed by atoms with Crippen LogP contribution in [0.3, 0.4) is 0 Å².